The Kier molecular flexibility index (Phi) is 18.1. The summed E-state index contributed by atoms with van der Waals surface area (Å²) in [5.41, 5.74) is 3.03. The molecule has 234 valence electrons. The number of rotatable bonds is 23. The second-order valence-corrected chi connectivity index (χ2v) is 12.3. The number of allylic oxidation sites excluding steroid dienone is 2. The maximum absolute atomic E-state index is 12.6. The van der Waals surface area contributed by atoms with Crippen LogP contribution in [-0.2, 0) is 20.3 Å². The Morgan fingerprint density at radius 3 is 1.88 bits per heavy atom. The van der Waals surface area contributed by atoms with Crippen LogP contribution in [0.5, 0.6) is 5.75 Å². The molecule has 0 fully saturated rings. The Morgan fingerprint density at radius 1 is 0.810 bits per heavy atom. The number of nitrogens with one attached hydrogen (secondary N) is 1. The van der Waals surface area contributed by atoms with E-state index < -0.39 is 13.9 Å². The van der Waals surface area contributed by atoms with Crippen LogP contribution in [0.4, 0.5) is 0 Å². The zero-order valence-electron chi connectivity index (χ0n) is 25.6. The lowest BCUT2D eigenvalue weighted by atomic mass is 10.0. The third-order valence-electron chi connectivity index (χ3n) is 7.33. The minimum atomic E-state index is -4.64. The van der Waals surface area contributed by atoms with Crippen LogP contribution in [0.1, 0.15) is 102 Å². The normalized spacial score (nSPS) is 12.5. The number of benzene rings is 2. The number of hydrogen-bond donors (Lipinski definition) is 3. The third-order valence-corrected chi connectivity index (χ3v) is 7.82. The van der Waals surface area contributed by atoms with Gasteiger partial charge in [0.2, 0.25) is 5.91 Å². The quantitative estimate of drug-likeness (QED) is 0.0670. The highest BCUT2D eigenvalue weighted by atomic mass is 31.2. The molecule has 8 heteroatoms. The molecule has 2 aromatic rings. The van der Waals surface area contributed by atoms with Gasteiger partial charge in [0.1, 0.15) is 5.75 Å². The predicted molar refractivity (Wildman–Crippen MR) is 172 cm³/mol. The van der Waals surface area contributed by atoms with Crippen molar-refractivity contribution in [2.24, 2.45) is 0 Å². The third kappa shape index (κ3) is 16.9. The largest absolute Gasteiger partial charge is 0.497 e. The van der Waals surface area contributed by atoms with Gasteiger partial charge in [-0.2, -0.15) is 0 Å². The number of phosphoric ester groups is 1. The predicted octanol–water partition coefficient (Wildman–Crippen LogP) is 8.54. The van der Waals surface area contributed by atoms with Gasteiger partial charge in [-0.05, 0) is 67.3 Å². The van der Waals surface area contributed by atoms with Gasteiger partial charge in [-0.15, -0.1) is 0 Å². The van der Waals surface area contributed by atoms with E-state index in [1.165, 1.54) is 51.4 Å². The van der Waals surface area contributed by atoms with Crippen molar-refractivity contribution in [2.75, 3.05) is 13.7 Å². The summed E-state index contributed by atoms with van der Waals surface area (Å²) >= 11 is 0. The number of hydrogen-bond acceptors (Lipinski definition) is 4. The zero-order chi connectivity index (χ0) is 30.5. The highest BCUT2D eigenvalue weighted by Crippen LogP contribution is 2.36. The smallest absolute Gasteiger partial charge is 0.469 e. The van der Waals surface area contributed by atoms with Gasteiger partial charge in [-0.25, -0.2) is 4.57 Å². The van der Waals surface area contributed by atoms with Crippen LogP contribution in [0.3, 0.4) is 0 Å². The minimum Gasteiger partial charge on any atom is -0.497 e. The first-order chi connectivity index (χ1) is 20.3. The van der Waals surface area contributed by atoms with Gasteiger partial charge in [0.25, 0.3) is 0 Å². The van der Waals surface area contributed by atoms with Gasteiger partial charge in [0.05, 0.1) is 19.8 Å². The number of phosphoric acid groups is 1. The summed E-state index contributed by atoms with van der Waals surface area (Å²) in [7, 11) is -3.01. The van der Waals surface area contributed by atoms with Gasteiger partial charge in [-0.3, -0.25) is 9.32 Å². The van der Waals surface area contributed by atoms with Crippen molar-refractivity contribution >= 4 is 13.7 Å². The summed E-state index contributed by atoms with van der Waals surface area (Å²) in [4.78, 5) is 31.0. The molecular weight excluding hydrogens is 549 g/mol. The number of methoxy groups -OCH3 is 1. The van der Waals surface area contributed by atoms with Gasteiger partial charge in [-0.1, -0.05) is 107 Å². The molecule has 0 aliphatic rings. The summed E-state index contributed by atoms with van der Waals surface area (Å²) < 4.78 is 21.3. The summed E-state index contributed by atoms with van der Waals surface area (Å²) in [6, 6.07) is 15.1. The first-order valence-electron chi connectivity index (χ1n) is 15.7. The highest BCUT2D eigenvalue weighted by Gasteiger charge is 2.20. The second-order valence-electron chi connectivity index (χ2n) is 11.0. The Hall–Kier alpha value is -2.44. The molecule has 0 bridgehead atoms. The Labute approximate surface area is 253 Å². The first kappa shape index (κ1) is 35.8. The van der Waals surface area contributed by atoms with Crippen LogP contribution < -0.4 is 10.1 Å². The summed E-state index contributed by atoms with van der Waals surface area (Å²) in [5, 5.41) is 2.92. The van der Waals surface area contributed by atoms with Gasteiger partial charge < -0.3 is 19.8 Å². The first-order valence-corrected chi connectivity index (χ1v) is 17.2. The molecule has 0 heterocycles. The van der Waals surface area contributed by atoms with Crippen LogP contribution in [0, 0.1) is 0 Å². The van der Waals surface area contributed by atoms with Gasteiger partial charge in [0.15, 0.2) is 0 Å². The number of unbranched alkanes of at least 4 members (excludes halogenated alkanes) is 11. The second kappa shape index (κ2) is 21.3. The summed E-state index contributed by atoms with van der Waals surface area (Å²) in [6.45, 7) is 1.99. The van der Waals surface area contributed by atoms with E-state index >= 15 is 0 Å². The number of carbonyl (C=O) groups excluding carboxylic acids is 1. The van der Waals surface area contributed by atoms with Crippen molar-refractivity contribution in [2.45, 2.75) is 109 Å². The summed E-state index contributed by atoms with van der Waals surface area (Å²) in [5.74, 6) is 0.669. The van der Waals surface area contributed by atoms with E-state index in [-0.39, 0.29) is 12.5 Å². The fourth-order valence-corrected chi connectivity index (χ4v) is 5.27. The van der Waals surface area contributed by atoms with E-state index in [4.69, 9.17) is 9.26 Å². The Balaban J connectivity index is 1.68. The Bertz CT molecular complexity index is 1060. The van der Waals surface area contributed by atoms with Crippen LogP contribution in [0.25, 0.3) is 11.1 Å². The maximum Gasteiger partial charge on any atom is 0.469 e. The van der Waals surface area contributed by atoms with Gasteiger partial charge in [0, 0.05) is 6.42 Å². The van der Waals surface area contributed by atoms with E-state index in [1.807, 2.05) is 48.5 Å². The van der Waals surface area contributed by atoms with E-state index in [1.54, 1.807) is 7.11 Å². The maximum atomic E-state index is 12.6. The number of amides is 1. The molecule has 7 nitrogen and oxygen atoms in total. The lowest BCUT2D eigenvalue weighted by Gasteiger charge is -2.19. The molecule has 0 spiro atoms. The van der Waals surface area contributed by atoms with Crippen molar-refractivity contribution in [3.05, 3.63) is 66.2 Å². The van der Waals surface area contributed by atoms with Crippen LogP contribution >= 0.6 is 7.82 Å². The molecule has 1 amide bonds. The lowest BCUT2D eigenvalue weighted by molar-refractivity contribution is -0.122. The molecular formula is C34H52NO6P. The molecule has 0 radical (unpaired) electrons. The molecule has 0 aromatic heterocycles. The Morgan fingerprint density at radius 2 is 1.33 bits per heavy atom. The molecule has 0 aliphatic heterocycles. The molecule has 0 unspecified atom stereocenters. The van der Waals surface area contributed by atoms with Crippen LogP contribution in [-0.4, -0.2) is 35.5 Å². The summed E-state index contributed by atoms with van der Waals surface area (Å²) in [6.07, 6.45) is 21.0. The van der Waals surface area contributed by atoms with Crippen molar-refractivity contribution in [3.8, 4) is 16.9 Å². The average molecular weight is 602 g/mol. The van der Waals surface area contributed by atoms with E-state index in [0.29, 0.717) is 12.8 Å². The lowest BCUT2D eigenvalue weighted by Crippen LogP contribution is -2.39. The molecule has 0 saturated heterocycles. The zero-order valence-corrected chi connectivity index (χ0v) is 26.5. The van der Waals surface area contributed by atoms with Crippen molar-refractivity contribution in [1.82, 2.24) is 5.32 Å². The molecule has 2 aromatic carbocycles. The molecule has 1 atom stereocenters. The molecule has 3 N–H and O–H groups in total. The molecule has 0 aliphatic carbocycles. The van der Waals surface area contributed by atoms with Crippen molar-refractivity contribution in [1.29, 1.82) is 0 Å². The fourth-order valence-electron chi connectivity index (χ4n) is 4.90. The van der Waals surface area contributed by atoms with E-state index in [2.05, 4.69) is 24.4 Å². The number of ether oxygens (including phenoxy) is 1. The average Bonchev–Trinajstić information content (AvgIpc) is 2.98. The monoisotopic (exact) mass is 601 g/mol. The molecule has 42 heavy (non-hydrogen) atoms. The van der Waals surface area contributed by atoms with Gasteiger partial charge >= 0.3 is 7.82 Å². The minimum absolute atomic E-state index is 0.123. The molecule has 2 rings (SSSR count). The highest BCUT2D eigenvalue weighted by molar-refractivity contribution is 7.46. The number of carbonyl (C=O) groups is 1. The van der Waals surface area contributed by atoms with E-state index in [9.17, 15) is 19.1 Å². The molecule has 0 saturated carbocycles. The standard InChI is InChI=1S/C34H52NO6P/c1-3-4-5-6-7-8-9-10-11-12-13-14-15-16-17-18-34(36)35-32(28-41-42(37,38)39)27-29-19-21-30(22-20-29)31-23-25-33(40-2)26-24-31/h10-11,19-26,32H,3-9,12-18,27-28H2,1-2H3,(H,35,36)(H2,37,38,39)/b11-10-/t32-/m0/s1. The fraction of sp³-hybridized carbons (Fsp3) is 0.559. The van der Waals surface area contributed by atoms with Crippen LogP contribution in [0.15, 0.2) is 60.7 Å². The van der Waals surface area contributed by atoms with Crippen molar-refractivity contribution in [3.63, 3.8) is 0 Å². The van der Waals surface area contributed by atoms with Crippen molar-refractivity contribution < 1.29 is 28.4 Å². The van der Waals surface area contributed by atoms with Crippen LogP contribution in [0.2, 0.25) is 0 Å². The van der Waals surface area contributed by atoms with E-state index in [0.717, 1.165) is 54.5 Å². The topological polar surface area (TPSA) is 105 Å². The SMILES string of the molecule is CCCCCCCC/C=C\CCCCCCCC(=O)N[C@H](COP(=O)(O)O)Cc1ccc(-c2ccc(OC)cc2)cc1.